The van der Waals surface area contributed by atoms with Crippen molar-refractivity contribution in [2.24, 2.45) is 0 Å². The zero-order valence-electron chi connectivity index (χ0n) is 8.19. The molecule has 0 radical (unpaired) electrons. The number of amides is 4. The molecule has 6 nitrogen and oxygen atoms in total. The zero-order chi connectivity index (χ0) is 11.7. The smallest absolute Gasteiger partial charge is 0.264 e. The summed E-state index contributed by atoms with van der Waals surface area (Å²) in [6, 6.07) is 0. The third-order valence-electron chi connectivity index (χ3n) is 1.98. The van der Waals surface area contributed by atoms with Crippen LogP contribution in [0.25, 0.3) is 0 Å². The van der Waals surface area contributed by atoms with Gasteiger partial charge in [-0.15, -0.1) is 0 Å². The van der Waals surface area contributed by atoms with Gasteiger partial charge in [-0.05, 0) is 0 Å². The number of imide groups is 2. The van der Waals surface area contributed by atoms with Crippen molar-refractivity contribution in [1.82, 2.24) is 9.80 Å². The molecule has 0 aromatic rings. The minimum absolute atomic E-state index is 0.379. The number of carbonyl (C=O) groups is 4. The van der Waals surface area contributed by atoms with E-state index < -0.39 is 28.6 Å². The van der Waals surface area contributed by atoms with Gasteiger partial charge in [0.25, 0.3) is 11.8 Å². The number of halogens is 1. The molecular formula is C8H9BrN2O4. The van der Waals surface area contributed by atoms with Crippen molar-refractivity contribution < 1.29 is 19.2 Å². The van der Waals surface area contributed by atoms with Crippen LogP contribution in [0.15, 0.2) is 0 Å². The second kappa shape index (κ2) is 4.09. The highest BCUT2D eigenvalue weighted by atomic mass is 79.9. The molecule has 15 heavy (non-hydrogen) atoms. The molecule has 82 valence electrons. The predicted molar refractivity (Wildman–Crippen MR) is 52.6 cm³/mol. The van der Waals surface area contributed by atoms with E-state index in [0.29, 0.717) is 0 Å². The summed E-state index contributed by atoms with van der Waals surface area (Å²) in [4.78, 5) is 45.6. The predicted octanol–water partition coefficient (Wildman–Crippen LogP) is -0.529. The standard InChI is InChI=1S/C8H9BrN2O4/c1-4(12)10-3-6(14)11(5(2)13)7(9)8(10)15/h7H,3H2,1-2H3. The SMILES string of the molecule is CC(=O)N1CC(=O)N(C(C)=O)C(Br)C1=O. The Morgan fingerprint density at radius 2 is 1.80 bits per heavy atom. The first-order valence-corrected chi connectivity index (χ1v) is 5.06. The maximum Gasteiger partial charge on any atom is 0.264 e. The quantitative estimate of drug-likeness (QED) is 0.440. The van der Waals surface area contributed by atoms with Crippen molar-refractivity contribution in [2.75, 3.05) is 6.54 Å². The fourth-order valence-electron chi connectivity index (χ4n) is 1.26. The molecule has 7 heteroatoms. The van der Waals surface area contributed by atoms with E-state index in [1.807, 2.05) is 0 Å². The van der Waals surface area contributed by atoms with E-state index in [4.69, 9.17) is 0 Å². The van der Waals surface area contributed by atoms with Gasteiger partial charge in [-0.2, -0.15) is 0 Å². The van der Waals surface area contributed by atoms with Crippen LogP contribution in [-0.4, -0.2) is 44.9 Å². The molecule has 1 unspecified atom stereocenters. The maximum atomic E-state index is 11.5. The molecule has 1 atom stereocenters. The fourth-order valence-corrected chi connectivity index (χ4v) is 2.02. The van der Waals surface area contributed by atoms with Gasteiger partial charge in [-0.3, -0.25) is 29.0 Å². The largest absolute Gasteiger partial charge is 0.275 e. The summed E-state index contributed by atoms with van der Waals surface area (Å²) in [7, 11) is 0. The van der Waals surface area contributed by atoms with E-state index in [1.165, 1.54) is 13.8 Å². The van der Waals surface area contributed by atoms with Gasteiger partial charge in [-0.1, -0.05) is 15.9 Å². The molecule has 1 saturated heterocycles. The molecular weight excluding hydrogens is 268 g/mol. The summed E-state index contributed by atoms with van der Waals surface area (Å²) in [5.41, 5.74) is 0. The molecule has 0 saturated carbocycles. The van der Waals surface area contributed by atoms with Crippen molar-refractivity contribution in [3.63, 3.8) is 0 Å². The first-order valence-electron chi connectivity index (χ1n) is 4.15. The average Bonchev–Trinajstić information content (AvgIpc) is 2.10. The summed E-state index contributed by atoms with van der Waals surface area (Å²) in [5, 5.41) is 0. The topological polar surface area (TPSA) is 74.8 Å². The zero-order valence-corrected chi connectivity index (χ0v) is 9.78. The monoisotopic (exact) mass is 276 g/mol. The maximum absolute atomic E-state index is 11.5. The van der Waals surface area contributed by atoms with Gasteiger partial charge in [0.15, 0.2) is 4.95 Å². The second-order valence-corrected chi connectivity index (χ2v) is 3.93. The van der Waals surface area contributed by atoms with E-state index in [9.17, 15) is 19.2 Å². The normalized spacial score (nSPS) is 21.9. The van der Waals surface area contributed by atoms with E-state index in [0.717, 1.165) is 9.80 Å². The lowest BCUT2D eigenvalue weighted by molar-refractivity contribution is -0.162. The van der Waals surface area contributed by atoms with Gasteiger partial charge in [0.1, 0.15) is 6.54 Å². The molecule has 0 bridgehead atoms. The summed E-state index contributed by atoms with van der Waals surface area (Å²) < 4.78 is 0. The van der Waals surface area contributed by atoms with Crippen molar-refractivity contribution in [1.29, 1.82) is 0 Å². The van der Waals surface area contributed by atoms with E-state index in [-0.39, 0.29) is 6.54 Å². The molecule has 0 aliphatic carbocycles. The van der Waals surface area contributed by atoms with Crippen LogP contribution in [0.4, 0.5) is 0 Å². The third-order valence-corrected chi connectivity index (χ3v) is 2.78. The lowest BCUT2D eigenvalue weighted by atomic mass is 10.3. The minimum atomic E-state index is -1.08. The Bertz CT molecular complexity index is 355. The van der Waals surface area contributed by atoms with E-state index in [2.05, 4.69) is 15.9 Å². The highest BCUT2D eigenvalue weighted by Crippen LogP contribution is 2.17. The first-order chi connectivity index (χ1) is 6.86. The van der Waals surface area contributed by atoms with Crippen LogP contribution in [0.1, 0.15) is 13.8 Å². The van der Waals surface area contributed by atoms with Crippen molar-refractivity contribution in [3.8, 4) is 0 Å². The molecule has 0 spiro atoms. The molecule has 1 fully saturated rings. The molecule has 0 aromatic carbocycles. The molecule has 1 aliphatic heterocycles. The summed E-state index contributed by atoms with van der Waals surface area (Å²) in [5.74, 6) is -2.21. The second-order valence-electron chi connectivity index (χ2n) is 3.06. The Balaban J connectivity index is 2.99. The van der Waals surface area contributed by atoms with Gasteiger partial charge < -0.3 is 0 Å². The van der Waals surface area contributed by atoms with Crippen molar-refractivity contribution in [2.45, 2.75) is 18.8 Å². The highest BCUT2D eigenvalue weighted by molar-refractivity contribution is 9.10. The van der Waals surface area contributed by atoms with Gasteiger partial charge in [-0.25, -0.2) is 0 Å². The Morgan fingerprint density at radius 1 is 1.27 bits per heavy atom. The molecule has 1 rings (SSSR count). The highest BCUT2D eigenvalue weighted by Gasteiger charge is 2.41. The third kappa shape index (κ3) is 2.06. The number of carbonyl (C=O) groups excluding carboxylic acids is 4. The van der Waals surface area contributed by atoms with Crippen LogP contribution in [0.5, 0.6) is 0 Å². The summed E-state index contributed by atoms with van der Waals surface area (Å²) >= 11 is 2.91. The average molecular weight is 277 g/mol. The number of hydrogen-bond acceptors (Lipinski definition) is 4. The van der Waals surface area contributed by atoms with Crippen LogP contribution in [-0.2, 0) is 19.2 Å². The number of rotatable bonds is 0. The molecule has 1 aliphatic rings. The van der Waals surface area contributed by atoms with Crippen LogP contribution in [0.3, 0.4) is 0 Å². The van der Waals surface area contributed by atoms with Crippen LogP contribution in [0, 0.1) is 0 Å². The number of hydrogen-bond donors (Lipinski definition) is 0. The molecule has 0 N–H and O–H groups in total. The number of nitrogens with zero attached hydrogens (tertiary/aromatic N) is 2. The van der Waals surface area contributed by atoms with Crippen molar-refractivity contribution in [3.05, 3.63) is 0 Å². The number of alkyl halides is 1. The Morgan fingerprint density at radius 3 is 2.20 bits per heavy atom. The summed E-state index contributed by atoms with van der Waals surface area (Å²) in [6.07, 6.45) is 0. The Kier molecular flexibility index (Phi) is 3.23. The van der Waals surface area contributed by atoms with Crippen molar-refractivity contribution >= 4 is 39.6 Å². The molecule has 1 heterocycles. The Labute approximate surface area is 94.3 Å². The lowest BCUT2D eigenvalue weighted by Crippen LogP contribution is -2.60. The van der Waals surface area contributed by atoms with Gasteiger partial charge in [0.05, 0.1) is 0 Å². The van der Waals surface area contributed by atoms with Gasteiger partial charge in [0, 0.05) is 13.8 Å². The Hall–Kier alpha value is -1.24. The summed E-state index contributed by atoms with van der Waals surface area (Å²) in [6.45, 7) is 1.99. The van der Waals surface area contributed by atoms with E-state index in [1.54, 1.807) is 0 Å². The van der Waals surface area contributed by atoms with Crippen LogP contribution in [0.2, 0.25) is 0 Å². The van der Waals surface area contributed by atoms with Gasteiger partial charge >= 0.3 is 0 Å². The fraction of sp³-hybridized carbons (Fsp3) is 0.500. The number of piperazine rings is 1. The van der Waals surface area contributed by atoms with Crippen LogP contribution < -0.4 is 0 Å². The minimum Gasteiger partial charge on any atom is -0.275 e. The van der Waals surface area contributed by atoms with Crippen LogP contribution >= 0.6 is 15.9 Å². The van der Waals surface area contributed by atoms with Gasteiger partial charge in [0.2, 0.25) is 11.8 Å². The lowest BCUT2D eigenvalue weighted by Gasteiger charge is -2.34. The molecule has 0 aromatic heterocycles. The first kappa shape index (κ1) is 11.8. The van der Waals surface area contributed by atoms with E-state index >= 15 is 0 Å². The molecule has 4 amide bonds.